The van der Waals surface area contributed by atoms with Gasteiger partial charge in [-0.3, -0.25) is 9.59 Å². The molecule has 1 unspecified atom stereocenters. The number of ether oxygens (including phenoxy) is 2. The summed E-state index contributed by atoms with van der Waals surface area (Å²) in [6.07, 6.45) is 4.27. The van der Waals surface area contributed by atoms with Gasteiger partial charge in [-0.25, -0.2) is 0 Å². The molecule has 2 N–H and O–H groups in total. The van der Waals surface area contributed by atoms with Crippen molar-refractivity contribution in [2.45, 2.75) is 38.1 Å². The maximum absolute atomic E-state index is 12.9. The van der Waals surface area contributed by atoms with Crippen LogP contribution < -0.4 is 20.1 Å². The molecule has 2 saturated heterocycles. The van der Waals surface area contributed by atoms with Crippen molar-refractivity contribution in [3.05, 3.63) is 23.8 Å². The van der Waals surface area contributed by atoms with Crippen molar-refractivity contribution in [1.29, 1.82) is 0 Å². The highest BCUT2D eigenvalue weighted by Gasteiger charge is 2.26. The van der Waals surface area contributed by atoms with Gasteiger partial charge in [-0.05, 0) is 56.8 Å². The molecule has 3 rings (SSSR count). The minimum absolute atomic E-state index is 0. The molecule has 2 aliphatic rings. The molecule has 2 amide bonds. The highest BCUT2D eigenvalue weighted by Crippen LogP contribution is 2.26. The Morgan fingerprint density at radius 1 is 1.17 bits per heavy atom. The van der Waals surface area contributed by atoms with Gasteiger partial charge in [0.2, 0.25) is 5.91 Å². The number of likely N-dealkylation sites (tertiary alicyclic amines) is 1. The number of methoxy groups -OCH3 is 2. The zero-order valence-corrected chi connectivity index (χ0v) is 18.1. The fraction of sp³-hybridized carbons (Fsp3) is 0.619. The van der Waals surface area contributed by atoms with Crippen LogP contribution in [0, 0.1) is 5.92 Å². The standard InChI is InChI=1S/C21H31N3O4.ClH/c1-27-17-4-5-18(19(13-17)28-2)21(26)24-11-8-16(9-12-24)23-20(25)6-3-15-7-10-22-14-15;/h4-5,13,15-16,22H,3,6-12,14H2,1-2H3,(H,23,25);1H. The average molecular weight is 426 g/mol. The Kier molecular flexibility index (Phi) is 9.04. The lowest BCUT2D eigenvalue weighted by Gasteiger charge is -2.32. The lowest BCUT2D eigenvalue weighted by Crippen LogP contribution is -2.46. The van der Waals surface area contributed by atoms with Crippen LogP contribution in [0.4, 0.5) is 0 Å². The number of halogens is 1. The van der Waals surface area contributed by atoms with Crippen LogP contribution in [-0.2, 0) is 4.79 Å². The van der Waals surface area contributed by atoms with Gasteiger partial charge in [0.15, 0.2) is 0 Å². The van der Waals surface area contributed by atoms with Crippen molar-refractivity contribution in [1.82, 2.24) is 15.5 Å². The van der Waals surface area contributed by atoms with Gasteiger partial charge in [0.1, 0.15) is 11.5 Å². The second-order valence-corrected chi connectivity index (χ2v) is 7.60. The van der Waals surface area contributed by atoms with Gasteiger partial charge in [-0.15, -0.1) is 12.4 Å². The van der Waals surface area contributed by atoms with Crippen LogP contribution in [0.1, 0.15) is 42.5 Å². The quantitative estimate of drug-likeness (QED) is 0.700. The van der Waals surface area contributed by atoms with E-state index < -0.39 is 0 Å². The van der Waals surface area contributed by atoms with Crippen LogP contribution >= 0.6 is 12.4 Å². The summed E-state index contributed by atoms with van der Waals surface area (Å²) in [5.74, 6) is 1.89. The molecule has 0 spiro atoms. The first-order chi connectivity index (χ1) is 13.6. The molecule has 7 nitrogen and oxygen atoms in total. The normalized spacial score (nSPS) is 19.4. The fourth-order valence-corrected chi connectivity index (χ4v) is 3.97. The predicted octanol–water partition coefficient (Wildman–Crippen LogP) is 2.24. The van der Waals surface area contributed by atoms with E-state index in [4.69, 9.17) is 9.47 Å². The van der Waals surface area contributed by atoms with Crippen molar-refractivity contribution in [2.24, 2.45) is 5.92 Å². The first-order valence-electron chi connectivity index (χ1n) is 10.1. The highest BCUT2D eigenvalue weighted by molar-refractivity contribution is 5.97. The Balaban J connectivity index is 0.00000300. The number of benzene rings is 1. The summed E-state index contributed by atoms with van der Waals surface area (Å²) in [7, 11) is 3.13. The van der Waals surface area contributed by atoms with Gasteiger partial charge >= 0.3 is 0 Å². The molecule has 0 radical (unpaired) electrons. The molecule has 1 aromatic rings. The Bertz CT molecular complexity index is 687. The van der Waals surface area contributed by atoms with Gasteiger partial charge in [0.05, 0.1) is 19.8 Å². The summed E-state index contributed by atoms with van der Waals surface area (Å²) in [5, 5.41) is 6.48. The van der Waals surface area contributed by atoms with Gasteiger partial charge < -0.3 is 25.0 Å². The molecule has 0 aromatic heterocycles. The maximum Gasteiger partial charge on any atom is 0.257 e. The summed E-state index contributed by atoms with van der Waals surface area (Å²) < 4.78 is 10.5. The SMILES string of the molecule is COc1ccc(C(=O)N2CCC(NC(=O)CCC3CCNC3)CC2)c(OC)c1.Cl. The second-order valence-electron chi connectivity index (χ2n) is 7.60. The van der Waals surface area contributed by atoms with E-state index in [0.717, 1.165) is 32.4 Å². The molecular formula is C21H32ClN3O4. The third-order valence-electron chi connectivity index (χ3n) is 5.73. The van der Waals surface area contributed by atoms with E-state index in [9.17, 15) is 9.59 Å². The third-order valence-corrected chi connectivity index (χ3v) is 5.73. The van der Waals surface area contributed by atoms with E-state index in [0.29, 0.717) is 42.5 Å². The number of nitrogens with zero attached hydrogens (tertiary/aromatic N) is 1. The summed E-state index contributed by atoms with van der Waals surface area (Å²) >= 11 is 0. The molecule has 0 aliphatic carbocycles. The average Bonchev–Trinajstić information content (AvgIpc) is 3.25. The first kappa shape index (κ1) is 23.3. The molecule has 29 heavy (non-hydrogen) atoms. The monoisotopic (exact) mass is 425 g/mol. The lowest BCUT2D eigenvalue weighted by atomic mass is 10.0. The van der Waals surface area contributed by atoms with E-state index >= 15 is 0 Å². The first-order valence-corrected chi connectivity index (χ1v) is 10.1. The van der Waals surface area contributed by atoms with Crippen LogP contribution in [0.15, 0.2) is 18.2 Å². The molecule has 162 valence electrons. The molecule has 2 fully saturated rings. The number of carbonyl (C=O) groups excluding carboxylic acids is 2. The van der Waals surface area contributed by atoms with E-state index in [1.54, 1.807) is 32.4 Å². The van der Waals surface area contributed by atoms with Crippen LogP contribution in [0.3, 0.4) is 0 Å². The number of rotatable bonds is 7. The largest absolute Gasteiger partial charge is 0.497 e. The zero-order valence-electron chi connectivity index (χ0n) is 17.2. The number of piperidine rings is 1. The Morgan fingerprint density at radius 3 is 2.55 bits per heavy atom. The van der Waals surface area contributed by atoms with Crippen LogP contribution in [0.2, 0.25) is 0 Å². The van der Waals surface area contributed by atoms with Crippen LogP contribution in [0.5, 0.6) is 11.5 Å². The lowest BCUT2D eigenvalue weighted by molar-refractivity contribution is -0.122. The van der Waals surface area contributed by atoms with Crippen molar-refractivity contribution in [3.8, 4) is 11.5 Å². The number of nitrogens with one attached hydrogen (secondary N) is 2. The molecule has 1 atom stereocenters. The van der Waals surface area contributed by atoms with Gasteiger partial charge in [0, 0.05) is 31.6 Å². The van der Waals surface area contributed by atoms with Gasteiger partial charge in [0.25, 0.3) is 5.91 Å². The topological polar surface area (TPSA) is 79.9 Å². The molecule has 8 heteroatoms. The Morgan fingerprint density at radius 2 is 1.93 bits per heavy atom. The molecule has 0 bridgehead atoms. The number of amides is 2. The zero-order chi connectivity index (χ0) is 19.9. The number of hydrogen-bond donors (Lipinski definition) is 2. The second kappa shape index (κ2) is 11.3. The van der Waals surface area contributed by atoms with E-state index in [1.165, 1.54) is 6.42 Å². The minimum Gasteiger partial charge on any atom is -0.497 e. The van der Waals surface area contributed by atoms with Crippen molar-refractivity contribution >= 4 is 24.2 Å². The minimum atomic E-state index is -0.0435. The highest BCUT2D eigenvalue weighted by atomic mass is 35.5. The van der Waals surface area contributed by atoms with Crippen molar-refractivity contribution < 1.29 is 19.1 Å². The van der Waals surface area contributed by atoms with Crippen LogP contribution in [0.25, 0.3) is 0 Å². The number of hydrogen-bond acceptors (Lipinski definition) is 5. The molecule has 2 heterocycles. The molecule has 2 aliphatic heterocycles. The van der Waals surface area contributed by atoms with Gasteiger partial charge in [-0.2, -0.15) is 0 Å². The smallest absolute Gasteiger partial charge is 0.257 e. The van der Waals surface area contributed by atoms with Crippen molar-refractivity contribution in [2.75, 3.05) is 40.4 Å². The summed E-state index contributed by atoms with van der Waals surface area (Å²) in [6, 6.07) is 5.38. The fourth-order valence-electron chi connectivity index (χ4n) is 3.97. The number of carbonyl (C=O) groups is 2. The third kappa shape index (κ3) is 6.24. The van der Waals surface area contributed by atoms with E-state index in [1.807, 2.05) is 4.90 Å². The summed E-state index contributed by atoms with van der Waals surface area (Å²) in [4.78, 5) is 26.9. The predicted molar refractivity (Wildman–Crippen MR) is 114 cm³/mol. The Hall–Kier alpha value is -1.99. The molecule has 0 saturated carbocycles. The van der Waals surface area contributed by atoms with Crippen molar-refractivity contribution in [3.63, 3.8) is 0 Å². The summed E-state index contributed by atoms with van der Waals surface area (Å²) in [6.45, 7) is 3.36. The maximum atomic E-state index is 12.9. The van der Waals surface area contributed by atoms with Crippen LogP contribution in [-0.4, -0.2) is 63.2 Å². The molecular weight excluding hydrogens is 394 g/mol. The van der Waals surface area contributed by atoms with Gasteiger partial charge in [-0.1, -0.05) is 0 Å². The van der Waals surface area contributed by atoms with E-state index in [-0.39, 0.29) is 30.3 Å². The Labute approximate surface area is 178 Å². The van der Waals surface area contributed by atoms with E-state index in [2.05, 4.69) is 10.6 Å². The summed E-state index contributed by atoms with van der Waals surface area (Å²) in [5.41, 5.74) is 0.538. The molecule has 1 aromatic carbocycles.